The Morgan fingerprint density at radius 3 is 2.44 bits per heavy atom. The Kier molecular flexibility index (Phi) is 4.42. The molecule has 0 aliphatic rings. The minimum absolute atomic E-state index is 0.0203. The number of aromatic nitrogens is 2. The van der Waals surface area contributed by atoms with Crippen molar-refractivity contribution in [1.29, 1.82) is 0 Å². The first kappa shape index (κ1) is 16.2. The lowest BCUT2D eigenvalue weighted by Crippen LogP contribution is -2.11. The third kappa shape index (κ3) is 3.99. The second-order valence-corrected chi connectivity index (χ2v) is 5.21. The second-order valence-electron chi connectivity index (χ2n) is 5.21. The zero-order valence-electron chi connectivity index (χ0n) is 13.2. The number of aryl methyl sites for hydroxylation is 1. The van der Waals surface area contributed by atoms with Crippen molar-refractivity contribution >= 4 is 17.7 Å². The van der Waals surface area contributed by atoms with Crippen molar-refractivity contribution in [1.82, 2.24) is 9.95 Å². The van der Waals surface area contributed by atoms with Crippen LogP contribution in [0.1, 0.15) is 15.9 Å². The second kappa shape index (κ2) is 6.83. The van der Waals surface area contributed by atoms with Crippen LogP contribution in [0.15, 0.2) is 64.2 Å². The molecule has 25 heavy (non-hydrogen) atoms. The van der Waals surface area contributed by atoms with Crippen molar-refractivity contribution in [3.05, 3.63) is 71.4 Å². The minimum atomic E-state index is -1.02. The molecular formula is C17H14N4O4. The summed E-state index contributed by atoms with van der Waals surface area (Å²) in [5.74, 6) is -1.02. The molecule has 0 atom stereocenters. The van der Waals surface area contributed by atoms with Gasteiger partial charge in [0.15, 0.2) is 0 Å². The quantitative estimate of drug-likeness (QED) is 0.763. The third-order valence-electron chi connectivity index (χ3n) is 3.30. The molecule has 0 bridgehead atoms. The van der Waals surface area contributed by atoms with Crippen LogP contribution in [0.25, 0.3) is 5.69 Å². The summed E-state index contributed by atoms with van der Waals surface area (Å²) in [6.45, 7) is 1.95. The number of carbonyl (C=O) groups is 2. The molecule has 0 saturated heterocycles. The lowest BCUT2D eigenvalue weighted by Gasteiger charge is -2.00. The molecule has 0 aliphatic heterocycles. The van der Waals surface area contributed by atoms with Crippen molar-refractivity contribution in [2.45, 2.75) is 6.92 Å². The Balaban J connectivity index is 1.75. The van der Waals surface area contributed by atoms with E-state index in [1.807, 2.05) is 19.1 Å². The van der Waals surface area contributed by atoms with E-state index in [4.69, 9.17) is 9.63 Å². The smallest absolute Gasteiger partial charge is 0.348 e. The molecule has 2 aromatic carbocycles. The molecule has 8 nitrogen and oxygen atoms in total. The molecule has 0 unspecified atom stereocenters. The van der Waals surface area contributed by atoms with Crippen LogP contribution < -0.4 is 10.9 Å². The van der Waals surface area contributed by atoms with E-state index in [9.17, 15) is 9.59 Å². The van der Waals surface area contributed by atoms with Gasteiger partial charge in [-0.3, -0.25) is 0 Å². The zero-order valence-corrected chi connectivity index (χ0v) is 13.2. The van der Waals surface area contributed by atoms with Crippen LogP contribution in [0.5, 0.6) is 0 Å². The van der Waals surface area contributed by atoms with Gasteiger partial charge in [-0.25, -0.2) is 9.59 Å². The number of urea groups is 1. The molecule has 3 rings (SSSR count). The summed E-state index contributed by atoms with van der Waals surface area (Å²) in [7, 11) is 0. The number of aromatic carboxylic acids is 1. The molecule has 2 amide bonds. The Morgan fingerprint density at radius 2 is 1.80 bits per heavy atom. The Hall–Kier alpha value is -3.68. The largest absolute Gasteiger partial charge is 0.478 e. The van der Waals surface area contributed by atoms with Crippen molar-refractivity contribution in [2.24, 2.45) is 4.99 Å². The lowest BCUT2D eigenvalue weighted by atomic mass is 10.2. The third-order valence-corrected chi connectivity index (χ3v) is 3.30. The average molecular weight is 338 g/mol. The Bertz CT molecular complexity index is 969. The molecule has 0 saturated carbocycles. The van der Waals surface area contributed by atoms with Crippen LogP contribution in [0.2, 0.25) is 0 Å². The van der Waals surface area contributed by atoms with E-state index in [1.54, 1.807) is 12.1 Å². The number of carboxylic acid groups (broad SMARTS) is 1. The number of benzene rings is 2. The van der Waals surface area contributed by atoms with Crippen molar-refractivity contribution in [2.75, 3.05) is 5.32 Å². The summed E-state index contributed by atoms with van der Waals surface area (Å²) < 4.78 is 5.33. The fourth-order valence-electron chi connectivity index (χ4n) is 2.03. The first-order valence-electron chi connectivity index (χ1n) is 7.33. The summed E-state index contributed by atoms with van der Waals surface area (Å²) in [5, 5.41) is 15.5. The van der Waals surface area contributed by atoms with Crippen LogP contribution >= 0.6 is 0 Å². The highest BCUT2D eigenvalue weighted by Crippen LogP contribution is 2.09. The van der Waals surface area contributed by atoms with Crippen molar-refractivity contribution in [3.63, 3.8) is 0 Å². The van der Waals surface area contributed by atoms with Gasteiger partial charge >= 0.3 is 12.0 Å². The van der Waals surface area contributed by atoms with E-state index >= 15 is 0 Å². The molecule has 2 N–H and O–H groups in total. The van der Waals surface area contributed by atoms with E-state index in [-0.39, 0.29) is 11.1 Å². The normalized spacial score (nSPS) is 11.3. The number of amides is 2. The predicted molar refractivity (Wildman–Crippen MR) is 88.6 cm³/mol. The number of nitrogens with zero attached hydrogens (tertiary/aromatic N) is 3. The van der Waals surface area contributed by atoms with Gasteiger partial charge in [-0.1, -0.05) is 22.6 Å². The Labute approximate surface area is 142 Å². The van der Waals surface area contributed by atoms with E-state index in [0.29, 0.717) is 11.4 Å². The number of rotatable bonds is 3. The number of carbonyl (C=O) groups excluding carboxylic acids is 1. The van der Waals surface area contributed by atoms with Crippen molar-refractivity contribution in [3.8, 4) is 5.69 Å². The number of hydrogen-bond donors (Lipinski definition) is 2. The van der Waals surface area contributed by atoms with Gasteiger partial charge in [-0.15, -0.1) is 5.10 Å². The van der Waals surface area contributed by atoms with Crippen LogP contribution in [0, 0.1) is 6.92 Å². The summed E-state index contributed by atoms with van der Waals surface area (Å²) in [6, 6.07) is 12.6. The SMILES string of the molecule is Cc1ccc(NC(=O)N=c2cnn(-c3ccc(C(=O)O)cc3)o2)cc1. The molecule has 0 spiro atoms. The highest BCUT2D eigenvalue weighted by Gasteiger charge is 2.06. The minimum Gasteiger partial charge on any atom is -0.478 e. The van der Waals surface area contributed by atoms with Gasteiger partial charge in [0.1, 0.15) is 11.9 Å². The van der Waals surface area contributed by atoms with Gasteiger partial charge in [-0.05, 0) is 43.3 Å². The molecule has 3 aromatic rings. The van der Waals surface area contributed by atoms with Gasteiger partial charge in [0.25, 0.3) is 5.55 Å². The fraction of sp³-hybridized carbons (Fsp3) is 0.0588. The van der Waals surface area contributed by atoms with E-state index in [2.05, 4.69) is 15.4 Å². The summed E-state index contributed by atoms with van der Waals surface area (Å²) in [5.41, 5.74) is 2.38. The first-order valence-corrected chi connectivity index (χ1v) is 7.33. The maximum Gasteiger partial charge on any atom is 0.348 e. The Morgan fingerprint density at radius 1 is 1.12 bits per heavy atom. The number of hydrogen-bond acceptors (Lipinski definition) is 4. The molecular weight excluding hydrogens is 324 g/mol. The van der Waals surface area contributed by atoms with Gasteiger partial charge in [0.2, 0.25) is 0 Å². The van der Waals surface area contributed by atoms with Gasteiger partial charge in [0, 0.05) is 5.69 Å². The van der Waals surface area contributed by atoms with Gasteiger partial charge in [-0.2, -0.15) is 4.99 Å². The molecule has 0 aliphatic carbocycles. The van der Waals surface area contributed by atoms with Gasteiger partial charge < -0.3 is 14.9 Å². The fourth-order valence-corrected chi connectivity index (χ4v) is 2.03. The summed E-state index contributed by atoms with van der Waals surface area (Å²) in [4.78, 5) is 27.6. The van der Waals surface area contributed by atoms with Crippen LogP contribution in [-0.2, 0) is 0 Å². The molecule has 126 valence electrons. The average Bonchev–Trinajstić information content (AvgIpc) is 3.05. The summed E-state index contributed by atoms with van der Waals surface area (Å²) >= 11 is 0. The highest BCUT2D eigenvalue weighted by atomic mass is 16.5. The summed E-state index contributed by atoms with van der Waals surface area (Å²) in [6.07, 6.45) is 1.29. The number of carboxylic acids is 1. The molecule has 8 heteroatoms. The molecule has 1 aromatic heterocycles. The maximum atomic E-state index is 11.9. The predicted octanol–water partition coefficient (Wildman–Crippen LogP) is 2.60. The van der Waals surface area contributed by atoms with Crippen LogP contribution in [0.4, 0.5) is 10.5 Å². The maximum absolute atomic E-state index is 11.9. The van der Waals surface area contributed by atoms with Crippen molar-refractivity contribution < 1.29 is 19.2 Å². The topological polar surface area (TPSA) is 110 Å². The lowest BCUT2D eigenvalue weighted by molar-refractivity contribution is 0.0697. The zero-order chi connectivity index (χ0) is 17.8. The number of anilines is 1. The molecule has 0 fully saturated rings. The van der Waals surface area contributed by atoms with Crippen LogP contribution in [0.3, 0.4) is 0 Å². The van der Waals surface area contributed by atoms with Crippen LogP contribution in [-0.4, -0.2) is 27.1 Å². The first-order chi connectivity index (χ1) is 12.0. The van der Waals surface area contributed by atoms with Gasteiger partial charge in [0.05, 0.1) is 5.56 Å². The number of nitrogens with one attached hydrogen (secondary N) is 1. The van der Waals surface area contributed by atoms with E-state index in [0.717, 1.165) is 10.4 Å². The molecule has 1 heterocycles. The standard InChI is InChI=1S/C17H14N4O4/c1-11-2-6-13(7-3-11)19-17(24)20-15-10-18-21(25-15)14-8-4-12(5-9-14)16(22)23/h2-10H,1H3,(H,19,24)(H,22,23). The monoisotopic (exact) mass is 338 g/mol. The highest BCUT2D eigenvalue weighted by molar-refractivity contribution is 5.89. The van der Waals surface area contributed by atoms with E-state index in [1.165, 1.54) is 30.5 Å². The van der Waals surface area contributed by atoms with E-state index < -0.39 is 12.0 Å². The molecule has 0 radical (unpaired) electrons.